The Morgan fingerprint density at radius 2 is 1.78 bits per heavy atom. The quantitative estimate of drug-likeness (QED) is 0.562. The maximum Gasteiger partial charge on any atom is 0.162 e. The molecule has 100 valence electrons. The van der Waals surface area contributed by atoms with Gasteiger partial charge in [0.2, 0.25) is 0 Å². The van der Waals surface area contributed by atoms with Gasteiger partial charge in [0.05, 0.1) is 0 Å². The molecule has 0 aliphatic heterocycles. The Morgan fingerprint density at radius 1 is 1.17 bits per heavy atom. The van der Waals surface area contributed by atoms with Crippen molar-refractivity contribution in [3.8, 4) is 0 Å². The van der Waals surface area contributed by atoms with Crippen molar-refractivity contribution in [2.75, 3.05) is 13.2 Å². The fraction of sp³-hybridized carbons (Fsp3) is 0.562. The molecule has 0 saturated heterocycles. The van der Waals surface area contributed by atoms with Crippen LogP contribution in [0.25, 0.3) is 0 Å². The molecule has 0 amide bonds. The average Bonchev–Trinajstić information content (AvgIpc) is 2.33. The van der Waals surface area contributed by atoms with E-state index in [4.69, 9.17) is 4.74 Å². The van der Waals surface area contributed by atoms with Gasteiger partial charge in [0.1, 0.15) is 0 Å². The second-order valence-corrected chi connectivity index (χ2v) is 5.55. The van der Waals surface area contributed by atoms with Crippen LogP contribution in [0.15, 0.2) is 24.3 Å². The molecule has 0 aromatic heterocycles. The molecule has 1 aromatic carbocycles. The van der Waals surface area contributed by atoms with Crippen LogP contribution in [0.5, 0.6) is 0 Å². The summed E-state index contributed by atoms with van der Waals surface area (Å²) in [5, 5.41) is 0. The van der Waals surface area contributed by atoms with E-state index < -0.39 is 0 Å². The second-order valence-electron chi connectivity index (χ2n) is 5.55. The van der Waals surface area contributed by atoms with Crippen molar-refractivity contribution in [3.63, 3.8) is 0 Å². The van der Waals surface area contributed by atoms with Crippen molar-refractivity contribution in [2.24, 2.45) is 0 Å². The van der Waals surface area contributed by atoms with Gasteiger partial charge in [0.15, 0.2) is 5.78 Å². The Morgan fingerprint density at radius 3 is 2.28 bits per heavy atom. The first-order valence-electron chi connectivity index (χ1n) is 6.66. The highest BCUT2D eigenvalue weighted by atomic mass is 16.5. The minimum Gasteiger partial charge on any atom is -0.382 e. The third-order valence-electron chi connectivity index (χ3n) is 2.97. The van der Waals surface area contributed by atoms with Crippen LogP contribution in [-0.4, -0.2) is 19.0 Å². The molecule has 0 spiro atoms. The lowest BCUT2D eigenvalue weighted by atomic mass is 9.86. The number of carbonyl (C=O) groups is 1. The summed E-state index contributed by atoms with van der Waals surface area (Å²) < 4.78 is 5.23. The number of rotatable bonds is 6. The Kier molecular flexibility index (Phi) is 5.54. The van der Waals surface area contributed by atoms with Crippen molar-refractivity contribution in [1.82, 2.24) is 0 Å². The van der Waals surface area contributed by atoms with Gasteiger partial charge in [-0.1, -0.05) is 45.0 Å². The van der Waals surface area contributed by atoms with Gasteiger partial charge >= 0.3 is 0 Å². The molecule has 18 heavy (non-hydrogen) atoms. The molecule has 0 atom stereocenters. The van der Waals surface area contributed by atoms with Gasteiger partial charge in [0, 0.05) is 25.2 Å². The van der Waals surface area contributed by atoms with E-state index in [1.54, 1.807) is 0 Å². The third kappa shape index (κ3) is 4.61. The highest BCUT2D eigenvalue weighted by molar-refractivity contribution is 5.96. The van der Waals surface area contributed by atoms with Gasteiger partial charge in [-0.3, -0.25) is 4.79 Å². The maximum atomic E-state index is 11.9. The highest BCUT2D eigenvalue weighted by Gasteiger charge is 2.14. The predicted octanol–water partition coefficient (Wildman–Crippen LogP) is 3.98. The Labute approximate surface area is 110 Å². The van der Waals surface area contributed by atoms with Crippen LogP contribution < -0.4 is 0 Å². The van der Waals surface area contributed by atoms with Crippen molar-refractivity contribution in [1.29, 1.82) is 0 Å². The maximum absolute atomic E-state index is 11.9. The van der Waals surface area contributed by atoms with Gasteiger partial charge in [-0.05, 0) is 24.3 Å². The van der Waals surface area contributed by atoms with E-state index in [0.29, 0.717) is 19.6 Å². The lowest BCUT2D eigenvalue weighted by molar-refractivity contribution is 0.0947. The van der Waals surface area contributed by atoms with Crippen molar-refractivity contribution >= 4 is 5.78 Å². The molecule has 0 aliphatic carbocycles. The number of ether oxygens (including phenoxy) is 1. The monoisotopic (exact) mass is 248 g/mol. The third-order valence-corrected chi connectivity index (χ3v) is 2.97. The molecule has 1 rings (SSSR count). The highest BCUT2D eigenvalue weighted by Crippen LogP contribution is 2.22. The molecule has 0 unspecified atom stereocenters. The molecule has 0 fully saturated rings. The molecule has 0 saturated carbocycles. The minimum absolute atomic E-state index is 0.135. The van der Waals surface area contributed by atoms with Crippen LogP contribution in [0.1, 0.15) is 56.5 Å². The Balaban J connectivity index is 2.54. The van der Waals surface area contributed by atoms with E-state index >= 15 is 0 Å². The van der Waals surface area contributed by atoms with E-state index in [-0.39, 0.29) is 11.2 Å². The fourth-order valence-electron chi connectivity index (χ4n) is 1.78. The number of ketones is 1. The summed E-state index contributed by atoms with van der Waals surface area (Å²) in [5.41, 5.74) is 2.20. The molecule has 0 aliphatic rings. The normalized spacial score (nSPS) is 11.6. The summed E-state index contributed by atoms with van der Waals surface area (Å²) in [4.78, 5) is 11.9. The summed E-state index contributed by atoms with van der Waals surface area (Å²) >= 11 is 0. The van der Waals surface area contributed by atoms with Gasteiger partial charge in [-0.2, -0.15) is 0 Å². The molecule has 0 radical (unpaired) electrons. The Hall–Kier alpha value is -1.15. The van der Waals surface area contributed by atoms with Gasteiger partial charge in [-0.15, -0.1) is 0 Å². The lowest BCUT2D eigenvalue weighted by Crippen LogP contribution is -2.11. The van der Waals surface area contributed by atoms with Gasteiger partial charge in [0.25, 0.3) is 0 Å². The zero-order valence-corrected chi connectivity index (χ0v) is 12.0. The number of benzene rings is 1. The topological polar surface area (TPSA) is 26.3 Å². The smallest absolute Gasteiger partial charge is 0.162 e. The molecule has 0 bridgehead atoms. The zero-order valence-electron chi connectivity index (χ0n) is 12.0. The minimum atomic E-state index is 0.135. The van der Waals surface area contributed by atoms with Crippen molar-refractivity contribution in [2.45, 2.75) is 46.0 Å². The summed E-state index contributed by atoms with van der Waals surface area (Å²) in [6.07, 6.45) is 1.36. The average molecular weight is 248 g/mol. The van der Waals surface area contributed by atoms with Gasteiger partial charge in [-0.25, -0.2) is 0 Å². The summed E-state index contributed by atoms with van der Waals surface area (Å²) in [5.74, 6) is 0.204. The Bertz CT molecular complexity index is 371. The predicted molar refractivity (Wildman–Crippen MR) is 75.2 cm³/mol. The first-order chi connectivity index (χ1) is 8.45. The van der Waals surface area contributed by atoms with Crippen molar-refractivity contribution in [3.05, 3.63) is 35.4 Å². The molecule has 2 nitrogen and oxygen atoms in total. The number of carbonyl (C=O) groups excluding carboxylic acids is 1. The van der Waals surface area contributed by atoms with E-state index in [9.17, 15) is 4.79 Å². The lowest BCUT2D eigenvalue weighted by Gasteiger charge is -2.18. The van der Waals surface area contributed by atoms with Crippen LogP contribution >= 0.6 is 0 Å². The SMILES string of the molecule is CCOCCCC(=O)c1ccc(C(C)(C)C)cc1. The van der Waals surface area contributed by atoms with Crippen LogP contribution in [0, 0.1) is 0 Å². The van der Waals surface area contributed by atoms with E-state index in [1.807, 2.05) is 19.1 Å². The molecular weight excluding hydrogens is 224 g/mol. The van der Waals surface area contributed by atoms with Crippen LogP contribution in [0.2, 0.25) is 0 Å². The standard InChI is InChI=1S/C16H24O2/c1-5-18-12-6-7-15(17)13-8-10-14(11-9-13)16(2,3)4/h8-11H,5-7,12H2,1-4H3. The van der Waals surface area contributed by atoms with Crippen molar-refractivity contribution < 1.29 is 9.53 Å². The molecule has 0 heterocycles. The molecule has 2 heteroatoms. The van der Waals surface area contributed by atoms with E-state index in [2.05, 4.69) is 32.9 Å². The molecule has 1 aromatic rings. The van der Waals surface area contributed by atoms with Crippen LogP contribution in [-0.2, 0) is 10.2 Å². The fourth-order valence-corrected chi connectivity index (χ4v) is 1.78. The number of hydrogen-bond acceptors (Lipinski definition) is 2. The van der Waals surface area contributed by atoms with E-state index in [1.165, 1.54) is 5.56 Å². The first-order valence-corrected chi connectivity index (χ1v) is 6.66. The number of Topliss-reactive ketones (excluding diaryl/α,β-unsaturated/α-hetero) is 1. The van der Waals surface area contributed by atoms with Crippen LogP contribution in [0.4, 0.5) is 0 Å². The van der Waals surface area contributed by atoms with Crippen LogP contribution in [0.3, 0.4) is 0 Å². The van der Waals surface area contributed by atoms with E-state index in [0.717, 1.165) is 12.0 Å². The number of hydrogen-bond donors (Lipinski definition) is 0. The second kappa shape index (κ2) is 6.69. The largest absolute Gasteiger partial charge is 0.382 e. The summed E-state index contributed by atoms with van der Waals surface area (Å²) in [7, 11) is 0. The summed E-state index contributed by atoms with van der Waals surface area (Å²) in [6, 6.07) is 7.97. The first kappa shape index (κ1) is 14.9. The van der Waals surface area contributed by atoms with Gasteiger partial charge < -0.3 is 4.74 Å². The molecule has 0 N–H and O–H groups in total. The molecular formula is C16H24O2. The zero-order chi connectivity index (χ0) is 13.6. The summed E-state index contributed by atoms with van der Waals surface area (Å²) in [6.45, 7) is 9.87.